The molecule has 1 fully saturated rings. The summed E-state index contributed by atoms with van der Waals surface area (Å²) >= 11 is 0. The topological polar surface area (TPSA) is 30.3 Å². The summed E-state index contributed by atoms with van der Waals surface area (Å²) in [6, 6.07) is 4.41. The first-order valence-electron chi connectivity index (χ1n) is 6.46. The average Bonchev–Trinajstić information content (AvgIpc) is 2.74. The molecule has 0 bridgehead atoms. The zero-order valence-corrected chi connectivity index (χ0v) is 11.0. The second-order valence-corrected chi connectivity index (χ2v) is 5.04. The lowest BCUT2D eigenvalue weighted by molar-refractivity contribution is 0.0241. The Kier molecular flexibility index (Phi) is 3.06. The third kappa shape index (κ3) is 2.13. The number of aromatic nitrogens is 2. The fraction of sp³-hybridized carbons (Fsp3) is 0.500. The first kappa shape index (κ1) is 11.7. The quantitative estimate of drug-likeness (QED) is 0.810. The summed E-state index contributed by atoms with van der Waals surface area (Å²) in [6.45, 7) is 8.85. The molecule has 2 heterocycles. The predicted octanol–water partition coefficient (Wildman–Crippen LogP) is 1.94. The van der Waals surface area contributed by atoms with Crippen molar-refractivity contribution in [2.75, 3.05) is 26.3 Å². The average molecular weight is 245 g/mol. The van der Waals surface area contributed by atoms with E-state index in [4.69, 9.17) is 4.74 Å². The summed E-state index contributed by atoms with van der Waals surface area (Å²) in [5.74, 6) is 0. The fourth-order valence-electron chi connectivity index (χ4n) is 2.58. The van der Waals surface area contributed by atoms with Crippen LogP contribution in [0.3, 0.4) is 0 Å². The molecule has 1 aliphatic heterocycles. The van der Waals surface area contributed by atoms with E-state index in [2.05, 4.69) is 40.4 Å². The summed E-state index contributed by atoms with van der Waals surface area (Å²) in [7, 11) is 0. The number of hydrogen-bond acceptors (Lipinski definition) is 3. The van der Waals surface area contributed by atoms with Crippen molar-refractivity contribution in [2.45, 2.75) is 20.5 Å². The Bertz CT molecular complexity index is 555. The van der Waals surface area contributed by atoms with E-state index in [1.54, 1.807) is 0 Å². The van der Waals surface area contributed by atoms with Gasteiger partial charge in [-0.15, -0.1) is 0 Å². The first-order chi connectivity index (χ1) is 8.74. The molecule has 4 nitrogen and oxygen atoms in total. The summed E-state index contributed by atoms with van der Waals surface area (Å²) < 4.78 is 7.61. The maximum absolute atomic E-state index is 5.38. The number of benzene rings is 1. The number of ether oxygens (including phenoxy) is 1. The minimum absolute atomic E-state index is 0.838. The SMILES string of the molecule is Cc1cc(C)c2ncn(CN3CCOCC3)c2c1. The number of rotatable bonds is 2. The monoisotopic (exact) mass is 245 g/mol. The van der Waals surface area contributed by atoms with E-state index in [-0.39, 0.29) is 0 Å². The maximum Gasteiger partial charge on any atom is 0.0969 e. The van der Waals surface area contributed by atoms with Crippen molar-refractivity contribution in [3.05, 3.63) is 29.6 Å². The molecular formula is C14H19N3O. The lowest BCUT2D eigenvalue weighted by Gasteiger charge is -2.27. The molecule has 0 unspecified atom stereocenters. The Morgan fingerprint density at radius 3 is 2.78 bits per heavy atom. The highest BCUT2D eigenvalue weighted by Crippen LogP contribution is 2.19. The van der Waals surface area contributed by atoms with E-state index in [1.165, 1.54) is 16.6 Å². The van der Waals surface area contributed by atoms with Crippen LogP contribution >= 0.6 is 0 Å². The van der Waals surface area contributed by atoms with E-state index in [0.29, 0.717) is 0 Å². The Labute approximate surface area is 107 Å². The molecule has 1 saturated heterocycles. The van der Waals surface area contributed by atoms with Crippen LogP contribution in [0.2, 0.25) is 0 Å². The van der Waals surface area contributed by atoms with Crippen molar-refractivity contribution in [3.63, 3.8) is 0 Å². The van der Waals surface area contributed by atoms with Crippen molar-refractivity contribution in [2.24, 2.45) is 0 Å². The van der Waals surface area contributed by atoms with Crippen LogP contribution in [0.15, 0.2) is 18.5 Å². The van der Waals surface area contributed by atoms with Crippen LogP contribution in [0.1, 0.15) is 11.1 Å². The molecule has 0 amide bonds. The first-order valence-corrected chi connectivity index (χ1v) is 6.46. The van der Waals surface area contributed by atoms with Gasteiger partial charge in [-0.25, -0.2) is 4.98 Å². The van der Waals surface area contributed by atoms with E-state index in [1.807, 2.05) is 6.33 Å². The van der Waals surface area contributed by atoms with E-state index < -0.39 is 0 Å². The van der Waals surface area contributed by atoms with Crippen LogP contribution in [0, 0.1) is 13.8 Å². The fourth-order valence-corrected chi connectivity index (χ4v) is 2.58. The van der Waals surface area contributed by atoms with Gasteiger partial charge >= 0.3 is 0 Å². The molecule has 2 aromatic rings. The predicted molar refractivity (Wildman–Crippen MR) is 71.6 cm³/mol. The summed E-state index contributed by atoms with van der Waals surface area (Å²) in [5, 5.41) is 0. The molecule has 1 aliphatic rings. The van der Waals surface area contributed by atoms with Crippen molar-refractivity contribution in [1.29, 1.82) is 0 Å². The zero-order valence-electron chi connectivity index (χ0n) is 11.0. The molecule has 0 spiro atoms. The van der Waals surface area contributed by atoms with Crippen molar-refractivity contribution >= 4 is 11.0 Å². The summed E-state index contributed by atoms with van der Waals surface area (Å²) in [4.78, 5) is 6.93. The van der Waals surface area contributed by atoms with Crippen molar-refractivity contribution in [1.82, 2.24) is 14.5 Å². The third-order valence-corrected chi connectivity index (χ3v) is 3.52. The molecule has 3 rings (SSSR count). The molecule has 0 radical (unpaired) electrons. The van der Waals surface area contributed by atoms with Gasteiger partial charge in [0, 0.05) is 13.1 Å². The van der Waals surface area contributed by atoms with Gasteiger partial charge in [0.15, 0.2) is 0 Å². The van der Waals surface area contributed by atoms with Crippen molar-refractivity contribution < 1.29 is 4.74 Å². The van der Waals surface area contributed by atoms with Gasteiger partial charge in [0.25, 0.3) is 0 Å². The van der Waals surface area contributed by atoms with Gasteiger partial charge in [-0.3, -0.25) is 4.90 Å². The maximum atomic E-state index is 5.38. The van der Waals surface area contributed by atoms with Crippen LogP contribution in [0.4, 0.5) is 0 Å². The highest BCUT2D eigenvalue weighted by molar-refractivity contribution is 5.79. The van der Waals surface area contributed by atoms with Gasteiger partial charge in [0.2, 0.25) is 0 Å². The lowest BCUT2D eigenvalue weighted by atomic mass is 10.1. The molecule has 0 aliphatic carbocycles. The molecule has 0 atom stereocenters. The smallest absolute Gasteiger partial charge is 0.0969 e. The second kappa shape index (κ2) is 4.71. The molecule has 1 aromatic carbocycles. The number of morpholine rings is 1. The van der Waals surface area contributed by atoms with E-state index >= 15 is 0 Å². The van der Waals surface area contributed by atoms with Gasteiger partial charge in [0.05, 0.1) is 37.2 Å². The minimum atomic E-state index is 0.838. The number of imidazole rings is 1. The standard InChI is InChI=1S/C14H19N3O/c1-11-7-12(2)14-13(8-11)17(9-15-14)10-16-3-5-18-6-4-16/h7-9H,3-6,10H2,1-2H3. The normalized spacial score (nSPS) is 17.4. The molecular weight excluding hydrogens is 226 g/mol. The molecule has 96 valence electrons. The van der Waals surface area contributed by atoms with E-state index in [9.17, 15) is 0 Å². The van der Waals surface area contributed by atoms with Crippen LogP contribution in [0.5, 0.6) is 0 Å². The Hall–Kier alpha value is -1.39. The molecule has 1 aromatic heterocycles. The lowest BCUT2D eigenvalue weighted by Crippen LogP contribution is -2.37. The Morgan fingerprint density at radius 1 is 1.22 bits per heavy atom. The van der Waals surface area contributed by atoms with Crippen LogP contribution in [-0.2, 0) is 11.4 Å². The number of hydrogen-bond donors (Lipinski definition) is 0. The molecule has 0 N–H and O–H groups in total. The summed E-state index contributed by atoms with van der Waals surface area (Å²) in [6.07, 6.45) is 1.95. The largest absolute Gasteiger partial charge is 0.379 e. The van der Waals surface area contributed by atoms with Crippen molar-refractivity contribution in [3.8, 4) is 0 Å². The van der Waals surface area contributed by atoms with Crippen LogP contribution in [-0.4, -0.2) is 40.8 Å². The van der Waals surface area contributed by atoms with Gasteiger partial charge in [-0.1, -0.05) is 6.07 Å². The number of fused-ring (bicyclic) bond motifs is 1. The zero-order chi connectivity index (χ0) is 12.5. The van der Waals surface area contributed by atoms with Crippen LogP contribution in [0.25, 0.3) is 11.0 Å². The summed E-state index contributed by atoms with van der Waals surface area (Å²) in [5.41, 5.74) is 4.90. The highest BCUT2D eigenvalue weighted by atomic mass is 16.5. The highest BCUT2D eigenvalue weighted by Gasteiger charge is 2.12. The minimum Gasteiger partial charge on any atom is -0.379 e. The van der Waals surface area contributed by atoms with Crippen LogP contribution < -0.4 is 0 Å². The Morgan fingerprint density at radius 2 is 2.00 bits per heavy atom. The molecule has 4 heteroatoms. The molecule has 18 heavy (non-hydrogen) atoms. The van der Waals surface area contributed by atoms with Gasteiger partial charge in [-0.05, 0) is 31.0 Å². The third-order valence-electron chi connectivity index (χ3n) is 3.52. The Balaban J connectivity index is 1.92. The second-order valence-electron chi connectivity index (χ2n) is 5.04. The van der Waals surface area contributed by atoms with Gasteiger partial charge in [0.1, 0.15) is 0 Å². The van der Waals surface area contributed by atoms with Gasteiger partial charge < -0.3 is 9.30 Å². The van der Waals surface area contributed by atoms with Gasteiger partial charge in [-0.2, -0.15) is 0 Å². The number of nitrogens with zero attached hydrogens (tertiary/aromatic N) is 3. The molecule has 0 saturated carbocycles. The number of aryl methyl sites for hydroxylation is 2. The van der Waals surface area contributed by atoms with E-state index in [0.717, 1.165) is 38.5 Å².